The Balaban J connectivity index is 1.75. The second-order valence-electron chi connectivity index (χ2n) is 6.38. The molecule has 0 bridgehead atoms. The molecule has 1 saturated carbocycles. The maximum atomic E-state index is 12.4. The molecular formula is C22H20O2. The van der Waals surface area contributed by atoms with E-state index in [1.165, 1.54) is 5.39 Å². The Morgan fingerprint density at radius 1 is 0.917 bits per heavy atom. The molecule has 0 radical (unpaired) electrons. The molecule has 0 amide bonds. The Morgan fingerprint density at radius 3 is 2.50 bits per heavy atom. The van der Waals surface area contributed by atoms with E-state index >= 15 is 0 Å². The lowest BCUT2D eigenvalue weighted by molar-refractivity contribution is -0.118. The molecule has 1 fully saturated rings. The molecule has 2 heteroatoms. The highest BCUT2D eigenvalue weighted by Crippen LogP contribution is 2.41. The average Bonchev–Trinajstić information content (AvgIpc) is 3.06. The van der Waals surface area contributed by atoms with Crippen molar-refractivity contribution < 1.29 is 9.53 Å². The molecule has 0 heterocycles. The molecule has 0 aromatic heterocycles. The minimum atomic E-state index is -0.0260. The van der Waals surface area contributed by atoms with E-state index in [2.05, 4.69) is 30.3 Å². The van der Waals surface area contributed by atoms with Crippen LogP contribution in [-0.4, -0.2) is 5.78 Å². The predicted molar refractivity (Wildman–Crippen MR) is 96.3 cm³/mol. The highest BCUT2D eigenvalue weighted by molar-refractivity contribution is 5.96. The summed E-state index contributed by atoms with van der Waals surface area (Å²) in [5.74, 6) is 1.16. The molecule has 1 atom stereocenters. The summed E-state index contributed by atoms with van der Waals surface area (Å²) in [5, 5.41) is 2.31. The van der Waals surface area contributed by atoms with Crippen LogP contribution >= 0.6 is 0 Å². The topological polar surface area (TPSA) is 26.3 Å². The van der Waals surface area contributed by atoms with E-state index in [4.69, 9.17) is 4.74 Å². The third kappa shape index (κ3) is 2.80. The van der Waals surface area contributed by atoms with Crippen LogP contribution in [0.3, 0.4) is 0 Å². The van der Waals surface area contributed by atoms with Gasteiger partial charge in [-0.3, -0.25) is 4.79 Å². The first-order valence-corrected chi connectivity index (χ1v) is 8.54. The van der Waals surface area contributed by atoms with Crippen LogP contribution < -0.4 is 4.74 Å². The fourth-order valence-electron chi connectivity index (χ4n) is 3.62. The minimum absolute atomic E-state index is 0.0260. The van der Waals surface area contributed by atoms with E-state index in [0.717, 1.165) is 35.1 Å². The number of hydrogen-bond donors (Lipinski definition) is 0. The number of rotatable bonds is 4. The number of fused-ring (bicyclic) bond motifs is 1. The van der Waals surface area contributed by atoms with Crippen LogP contribution in [0.15, 0.2) is 66.7 Å². The standard InChI is InChI=1S/C22H20O2/c23-20-12-6-11-19(20)22-18-10-5-4-9-17(18)13-14-21(22)24-15-16-7-2-1-3-8-16/h1-5,7-10,13-14,19H,6,11-12,15H2. The van der Waals surface area contributed by atoms with E-state index in [-0.39, 0.29) is 5.92 Å². The Kier molecular flexibility index (Phi) is 4.04. The van der Waals surface area contributed by atoms with Crippen molar-refractivity contribution in [2.45, 2.75) is 31.8 Å². The number of hydrogen-bond acceptors (Lipinski definition) is 2. The lowest BCUT2D eigenvalue weighted by Gasteiger charge is -2.18. The van der Waals surface area contributed by atoms with E-state index in [9.17, 15) is 4.79 Å². The third-order valence-corrected chi connectivity index (χ3v) is 4.82. The first-order chi connectivity index (χ1) is 11.8. The monoisotopic (exact) mass is 316 g/mol. The summed E-state index contributed by atoms with van der Waals surface area (Å²) in [6, 6.07) is 22.5. The molecular weight excluding hydrogens is 296 g/mol. The van der Waals surface area contributed by atoms with Crippen LogP contribution in [0.5, 0.6) is 5.75 Å². The van der Waals surface area contributed by atoms with Gasteiger partial charge in [-0.2, -0.15) is 0 Å². The normalized spacial score (nSPS) is 17.3. The fraction of sp³-hybridized carbons (Fsp3) is 0.227. The Bertz CT molecular complexity index is 868. The summed E-state index contributed by atoms with van der Waals surface area (Å²) in [5.41, 5.74) is 2.21. The first-order valence-electron chi connectivity index (χ1n) is 8.54. The summed E-state index contributed by atoms with van der Waals surface area (Å²) in [7, 11) is 0. The van der Waals surface area contributed by atoms with Gasteiger partial charge in [-0.15, -0.1) is 0 Å². The summed E-state index contributed by atoms with van der Waals surface area (Å²) >= 11 is 0. The lowest BCUT2D eigenvalue weighted by atomic mass is 9.90. The quantitative estimate of drug-likeness (QED) is 0.656. The fourth-order valence-corrected chi connectivity index (χ4v) is 3.62. The second kappa shape index (κ2) is 6.48. The predicted octanol–water partition coefficient (Wildman–Crippen LogP) is 5.26. The molecule has 24 heavy (non-hydrogen) atoms. The number of carbonyl (C=O) groups is 1. The van der Waals surface area contributed by atoms with Crippen LogP contribution in [0, 0.1) is 0 Å². The molecule has 2 nitrogen and oxygen atoms in total. The van der Waals surface area contributed by atoms with Gasteiger partial charge in [0.25, 0.3) is 0 Å². The summed E-state index contributed by atoms with van der Waals surface area (Å²) < 4.78 is 6.14. The average molecular weight is 316 g/mol. The van der Waals surface area contributed by atoms with Crippen LogP contribution in [-0.2, 0) is 11.4 Å². The molecule has 0 spiro atoms. The summed E-state index contributed by atoms with van der Waals surface area (Å²) in [6.45, 7) is 0.521. The summed E-state index contributed by atoms with van der Waals surface area (Å²) in [6.07, 6.45) is 2.59. The third-order valence-electron chi connectivity index (χ3n) is 4.82. The second-order valence-corrected chi connectivity index (χ2v) is 6.38. The van der Waals surface area contributed by atoms with Crippen molar-refractivity contribution in [1.29, 1.82) is 0 Å². The maximum absolute atomic E-state index is 12.4. The zero-order chi connectivity index (χ0) is 16.4. The SMILES string of the molecule is O=C1CCCC1c1c(OCc2ccccc2)ccc2ccccc12. The number of ether oxygens (including phenoxy) is 1. The van der Waals surface area contributed by atoms with E-state index in [0.29, 0.717) is 18.8 Å². The van der Waals surface area contributed by atoms with Crippen molar-refractivity contribution in [3.8, 4) is 5.75 Å². The van der Waals surface area contributed by atoms with Crippen molar-refractivity contribution >= 4 is 16.6 Å². The zero-order valence-corrected chi connectivity index (χ0v) is 13.6. The Hall–Kier alpha value is -2.61. The maximum Gasteiger partial charge on any atom is 0.140 e. The van der Waals surface area contributed by atoms with Gasteiger partial charge in [0.05, 0.1) is 0 Å². The molecule has 0 saturated heterocycles. The molecule has 0 N–H and O–H groups in total. The molecule has 1 aliphatic rings. The van der Waals surface area contributed by atoms with Crippen LogP contribution in [0.4, 0.5) is 0 Å². The summed E-state index contributed by atoms with van der Waals surface area (Å²) in [4.78, 5) is 12.4. The van der Waals surface area contributed by atoms with Crippen LogP contribution in [0.2, 0.25) is 0 Å². The van der Waals surface area contributed by atoms with E-state index in [1.807, 2.05) is 36.4 Å². The molecule has 1 aliphatic carbocycles. The lowest BCUT2D eigenvalue weighted by Crippen LogP contribution is -2.08. The smallest absolute Gasteiger partial charge is 0.140 e. The van der Waals surface area contributed by atoms with Gasteiger partial charge in [0, 0.05) is 17.9 Å². The van der Waals surface area contributed by atoms with Gasteiger partial charge in [-0.1, -0.05) is 60.7 Å². The van der Waals surface area contributed by atoms with Gasteiger partial charge in [-0.25, -0.2) is 0 Å². The van der Waals surface area contributed by atoms with Gasteiger partial charge >= 0.3 is 0 Å². The molecule has 1 unspecified atom stereocenters. The number of Topliss-reactive ketones (excluding diaryl/α,β-unsaturated/α-hetero) is 1. The van der Waals surface area contributed by atoms with Gasteiger partial charge in [0.15, 0.2) is 0 Å². The van der Waals surface area contributed by atoms with Crippen molar-refractivity contribution in [1.82, 2.24) is 0 Å². The molecule has 120 valence electrons. The van der Waals surface area contributed by atoms with Gasteiger partial charge in [-0.05, 0) is 35.2 Å². The Morgan fingerprint density at radius 2 is 1.71 bits per heavy atom. The van der Waals surface area contributed by atoms with E-state index < -0.39 is 0 Å². The number of carbonyl (C=O) groups excluding carboxylic acids is 1. The molecule has 3 aromatic rings. The van der Waals surface area contributed by atoms with Crippen molar-refractivity contribution in [3.05, 3.63) is 77.9 Å². The highest BCUT2D eigenvalue weighted by atomic mass is 16.5. The Labute approximate surface area is 142 Å². The zero-order valence-electron chi connectivity index (χ0n) is 13.6. The first kappa shape index (κ1) is 14.9. The van der Waals surface area contributed by atoms with Crippen LogP contribution in [0.1, 0.15) is 36.3 Å². The largest absolute Gasteiger partial charge is 0.489 e. The highest BCUT2D eigenvalue weighted by Gasteiger charge is 2.30. The minimum Gasteiger partial charge on any atom is -0.489 e. The van der Waals surface area contributed by atoms with Gasteiger partial charge in [0.1, 0.15) is 18.1 Å². The number of ketones is 1. The van der Waals surface area contributed by atoms with Gasteiger partial charge in [0.2, 0.25) is 0 Å². The molecule has 3 aromatic carbocycles. The van der Waals surface area contributed by atoms with Crippen molar-refractivity contribution in [2.24, 2.45) is 0 Å². The van der Waals surface area contributed by atoms with Crippen molar-refractivity contribution in [2.75, 3.05) is 0 Å². The van der Waals surface area contributed by atoms with Crippen LogP contribution in [0.25, 0.3) is 10.8 Å². The number of benzene rings is 3. The van der Waals surface area contributed by atoms with Gasteiger partial charge < -0.3 is 4.74 Å². The van der Waals surface area contributed by atoms with E-state index in [1.54, 1.807) is 0 Å². The molecule has 4 rings (SSSR count). The molecule has 0 aliphatic heterocycles. The van der Waals surface area contributed by atoms with Crippen molar-refractivity contribution in [3.63, 3.8) is 0 Å².